The van der Waals surface area contributed by atoms with Gasteiger partial charge in [0.25, 0.3) is 0 Å². The first-order valence-corrected chi connectivity index (χ1v) is 10.6. The molecule has 3 aromatic carbocycles. The van der Waals surface area contributed by atoms with Crippen LogP contribution in [0.4, 0.5) is 0 Å². The molecule has 0 atom stereocenters. The van der Waals surface area contributed by atoms with Gasteiger partial charge in [-0.05, 0) is 0 Å². The van der Waals surface area contributed by atoms with E-state index in [1.807, 2.05) is 0 Å². The van der Waals surface area contributed by atoms with E-state index in [1.165, 1.54) is 18.9 Å². The Morgan fingerprint density at radius 1 is 0.522 bits per heavy atom. The van der Waals surface area contributed by atoms with E-state index in [0.717, 1.165) is 0 Å². The van der Waals surface area contributed by atoms with Crippen molar-refractivity contribution in [3.63, 3.8) is 0 Å². The summed E-state index contributed by atoms with van der Waals surface area (Å²) in [6.45, 7) is 6.80. The molecule has 0 saturated heterocycles. The van der Waals surface area contributed by atoms with Crippen molar-refractivity contribution in [2.75, 3.05) is 0 Å². The van der Waals surface area contributed by atoms with Gasteiger partial charge in [0, 0.05) is 0 Å². The van der Waals surface area contributed by atoms with Gasteiger partial charge in [0.1, 0.15) is 0 Å². The van der Waals surface area contributed by atoms with E-state index >= 15 is 0 Å². The maximum atomic E-state index is 2.34. The minimum atomic E-state index is -1.22. The van der Waals surface area contributed by atoms with Crippen molar-refractivity contribution in [3.05, 3.63) is 90.5 Å². The van der Waals surface area contributed by atoms with E-state index in [4.69, 9.17) is 0 Å². The van der Waals surface area contributed by atoms with E-state index in [1.54, 1.807) is 0 Å². The molecule has 0 fully saturated rings. The molecular weight excluding hydrogens is 343 g/mol. The number of benzene rings is 3. The molecule has 0 bridgehead atoms. The molecule has 0 unspecified atom stereocenters. The SMILES string of the molecule is CC(C)(C)c1ccc([Se+](c2ccccc2)c2ccccc2)cc1. The van der Waals surface area contributed by atoms with Gasteiger partial charge in [-0.25, -0.2) is 0 Å². The monoisotopic (exact) mass is 367 g/mol. The first kappa shape index (κ1) is 16.1. The Balaban J connectivity index is 2.06. The van der Waals surface area contributed by atoms with Crippen LogP contribution in [0.3, 0.4) is 0 Å². The fourth-order valence-corrected chi connectivity index (χ4v) is 6.98. The third-order valence-electron chi connectivity index (χ3n) is 3.91. The molecule has 0 amide bonds. The molecule has 0 aliphatic heterocycles. The summed E-state index contributed by atoms with van der Waals surface area (Å²) in [6.07, 6.45) is 0. The molecule has 0 aromatic heterocycles. The summed E-state index contributed by atoms with van der Waals surface area (Å²) in [5.41, 5.74) is 1.60. The second-order valence-corrected chi connectivity index (χ2v) is 11.0. The Labute approximate surface area is 144 Å². The van der Waals surface area contributed by atoms with Crippen molar-refractivity contribution in [3.8, 4) is 0 Å². The molecule has 0 aliphatic carbocycles. The molecule has 3 rings (SSSR count). The predicted octanol–water partition coefficient (Wildman–Crippen LogP) is 3.50. The molecule has 0 aliphatic rings. The Bertz CT molecular complexity index is 698. The average Bonchev–Trinajstić information content (AvgIpc) is 2.57. The van der Waals surface area contributed by atoms with Gasteiger partial charge in [-0.3, -0.25) is 0 Å². The van der Waals surface area contributed by atoms with Crippen LogP contribution in [0.2, 0.25) is 0 Å². The van der Waals surface area contributed by atoms with E-state index < -0.39 is 13.9 Å². The topological polar surface area (TPSA) is 0 Å². The Morgan fingerprint density at radius 2 is 0.913 bits per heavy atom. The molecule has 0 spiro atoms. The van der Waals surface area contributed by atoms with Gasteiger partial charge in [0.05, 0.1) is 0 Å². The van der Waals surface area contributed by atoms with Crippen LogP contribution in [-0.4, -0.2) is 13.9 Å². The second kappa shape index (κ2) is 6.74. The quantitative estimate of drug-likeness (QED) is 0.623. The van der Waals surface area contributed by atoms with Crippen LogP contribution in [0.15, 0.2) is 84.9 Å². The van der Waals surface area contributed by atoms with E-state index in [9.17, 15) is 0 Å². The van der Waals surface area contributed by atoms with Crippen molar-refractivity contribution in [1.29, 1.82) is 0 Å². The first-order valence-electron chi connectivity index (χ1n) is 8.01. The van der Waals surface area contributed by atoms with Gasteiger partial charge < -0.3 is 0 Å². The zero-order valence-electron chi connectivity index (χ0n) is 14.0. The molecule has 0 nitrogen and oxygen atoms in total. The van der Waals surface area contributed by atoms with Gasteiger partial charge in [0.15, 0.2) is 0 Å². The standard InChI is InChI=1S/C22H23Se/c1-22(2,3)18-14-16-21(17-15-18)23(19-10-6-4-7-11-19)20-12-8-5-9-13-20/h4-17H,1-3H3/q+1. The maximum absolute atomic E-state index is 2.34. The van der Waals surface area contributed by atoms with Crippen LogP contribution in [0.5, 0.6) is 0 Å². The van der Waals surface area contributed by atoms with Crippen LogP contribution in [0.1, 0.15) is 26.3 Å². The number of hydrogen-bond donors (Lipinski definition) is 0. The fraction of sp³-hybridized carbons (Fsp3) is 0.182. The Kier molecular flexibility index (Phi) is 4.71. The van der Waals surface area contributed by atoms with Gasteiger partial charge in [-0.2, -0.15) is 0 Å². The van der Waals surface area contributed by atoms with Gasteiger partial charge in [-0.15, -0.1) is 0 Å². The van der Waals surface area contributed by atoms with Gasteiger partial charge in [0.2, 0.25) is 0 Å². The zero-order chi connectivity index (χ0) is 16.3. The van der Waals surface area contributed by atoms with E-state index in [0.29, 0.717) is 0 Å². The zero-order valence-corrected chi connectivity index (χ0v) is 15.7. The average molecular weight is 366 g/mol. The minimum absolute atomic E-state index is 0.202. The van der Waals surface area contributed by atoms with Crippen LogP contribution in [0.25, 0.3) is 0 Å². The van der Waals surface area contributed by atoms with Crippen molar-refractivity contribution < 1.29 is 0 Å². The van der Waals surface area contributed by atoms with Crippen molar-refractivity contribution >= 4 is 27.3 Å². The van der Waals surface area contributed by atoms with Gasteiger partial charge in [-0.1, -0.05) is 0 Å². The van der Waals surface area contributed by atoms with Crippen molar-refractivity contribution in [1.82, 2.24) is 0 Å². The number of hydrogen-bond acceptors (Lipinski definition) is 0. The van der Waals surface area contributed by atoms with Crippen LogP contribution < -0.4 is 13.4 Å². The summed E-state index contributed by atoms with van der Waals surface area (Å²) in [6, 6.07) is 31.2. The Hall–Kier alpha value is -1.82. The van der Waals surface area contributed by atoms with Crippen molar-refractivity contribution in [2.45, 2.75) is 26.2 Å². The molecule has 0 N–H and O–H groups in total. The molecule has 1 heteroatoms. The normalized spacial score (nSPS) is 11.7. The Morgan fingerprint density at radius 3 is 1.30 bits per heavy atom. The molecule has 3 aromatic rings. The van der Waals surface area contributed by atoms with Crippen LogP contribution >= 0.6 is 0 Å². The summed E-state index contributed by atoms with van der Waals surface area (Å²) < 4.78 is 4.39. The second-order valence-electron chi connectivity index (χ2n) is 6.71. The molecule has 0 radical (unpaired) electrons. The van der Waals surface area contributed by atoms with Crippen molar-refractivity contribution in [2.24, 2.45) is 0 Å². The third kappa shape index (κ3) is 3.75. The summed E-state index contributed by atoms with van der Waals surface area (Å²) >= 11 is -1.22. The molecular formula is C22H23Se+. The van der Waals surface area contributed by atoms with Crippen LogP contribution in [0, 0.1) is 0 Å². The summed E-state index contributed by atoms with van der Waals surface area (Å²) in [7, 11) is 0. The van der Waals surface area contributed by atoms with Gasteiger partial charge >= 0.3 is 144 Å². The third-order valence-corrected chi connectivity index (χ3v) is 8.59. The summed E-state index contributed by atoms with van der Waals surface area (Å²) in [5, 5.41) is 0. The van der Waals surface area contributed by atoms with E-state index in [2.05, 4.69) is 106 Å². The molecule has 23 heavy (non-hydrogen) atoms. The fourth-order valence-electron chi connectivity index (χ4n) is 2.61. The van der Waals surface area contributed by atoms with Crippen LogP contribution in [-0.2, 0) is 5.41 Å². The summed E-state index contributed by atoms with van der Waals surface area (Å²) in [4.78, 5) is 0. The summed E-state index contributed by atoms with van der Waals surface area (Å²) in [5.74, 6) is 0. The molecule has 0 saturated carbocycles. The molecule has 0 heterocycles. The number of rotatable bonds is 3. The molecule has 116 valence electrons. The van der Waals surface area contributed by atoms with E-state index in [-0.39, 0.29) is 5.41 Å². The first-order chi connectivity index (χ1) is 11.1. The predicted molar refractivity (Wildman–Crippen MR) is 103 cm³/mol.